The molecule has 0 aromatic rings. The van der Waals surface area contributed by atoms with E-state index in [0.29, 0.717) is 5.41 Å². The van der Waals surface area contributed by atoms with Gasteiger partial charge in [-0.25, -0.2) is 0 Å². The SMILES string of the molecule is CCC(C)(C)CCNC(=O)[C@H](C)N. The van der Waals surface area contributed by atoms with E-state index in [1.54, 1.807) is 6.92 Å². The number of amides is 1. The van der Waals surface area contributed by atoms with Crippen LogP contribution in [0.4, 0.5) is 0 Å². The maximum Gasteiger partial charge on any atom is 0.236 e. The second kappa shape index (κ2) is 5.22. The highest BCUT2D eigenvalue weighted by Crippen LogP contribution is 2.23. The van der Waals surface area contributed by atoms with Crippen molar-refractivity contribution in [2.24, 2.45) is 11.1 Å². The molecule has 0 rings (SSSR count). The molecule has 0 aliphatic rings. The molecule has 13 heavy (non-hydrogen) atoms. The molecule has 0 saturated carbocycles. The van der Waals surface area contributed by atoms with E-state index in [-0.39, 0.29) is 5.91 Å². The number of carbonyl (C=O) groups is 1. The monoisotopic (exact) mass is 186 g/mol. The zero-order valence-corrected chi connectivity index (χ0v) is 9.18. The van der Waals surface area contributed by atoms with E-state index in [9.17, 15) is 4.79 Å². The Morgan fingerprint density at radius 2 is 2.08 bits per heavy atom. The molecule has 0 spiro atoms. The van der Waals surface area contributed by atoms with Crippen LogP contribution in [0.15, 0.2) is 0 Å². The average molecular weight is 186 g/mol. The summed E-state index contributed by atoms with van der Waals surface area (Å²) in [5, 5.41) is 2.81. The molecule has 3 nitrogen and oxygen atoms in total. The van der Waals surface area contributed by atoms with Crippen LogP contribution in [0.2, 0.25) is 0 Å². The van der Waals surface area contributed by atoms with Crippen molar-refractivity contribution in [1.29, 1.82) is 0 Å². The first-order valence-electron chi connectivity index (χ1n) is 4.92. The molecule has 0 bridgehead atoms. The lowest BCUT2D eigenvalue weighted by molar-refractivity contribution is -0.122. The Balaban J connectivity index is 3.62. The summed E-state index contributed by atoms with van der Waals surface area (Å²) in [7, 11) is 0. The van der Waals surface area contributed by atoms with Crippen molar-refractivity contribution < 1.29 is 4.79 Å². The molecule has 3 N–H and O–H groups in total. The van der Waals surface area contributed by atoms with E-state index < -0.39 is 6.04 Å². The van der Waals surface area contributed by atoms with E-state index in [2.05, 4.69) is 26.1 Å². The van der Waals surface area contributed by atoms with Crippen LogP contribution in [0.25, 0.3) is 0 Å². The van der Waals surface area contributed by atoms with Crippen molar-refractivity contribution in [1.82, 2.24) is 5.32 Å². The lowest BCUT2D eigenvalue weighted by Crippen LogP contribution is -2.39. The smallest absolute Gasteiger partial charge is 0.236 e. The number of carbonyl (C=O) groups excluding carboxylic acids is 1. The number of nitrogens with one attached hydrogen (secondary N) is 1. The highest BCUT2D eigenvalue weighted by molar-refractivity contribution is 5.80. The van der Waals surface area contributed by atoms with Gasteiger partial charge in [-0.2, -0.15) is 0 Å². The fourth-order valence-corrected chi connectivity index (χ4v) is 0.862. The van der Waals surface area contributed by atoms with Crippen molar-refractivity contribution >= 4 is 5.91 Å². The minimum absolute atomic E-state index is 0.0631. The van der Waals surface area contributed by atoms with Gasteiger partial charge in [0.1, 0.15) is 0 Å². The summed E-state index contributed by atoms with van der Waals surface area (Å²) in [4.78, 5) is 11.1. The molecular weight excluding hydrogens is 164 g/mol. The molecule has 0 aromatic carbocycles. The second-order valence-electron chi connectivity index (χ2n) is 4.35. The van der Waals surface area contributed by atoms with Gasteiger partial charge in [0.15, 0.2) is 0 Å². The number of rotatable bonds is 5. The standard InChI is InChI=1S/C10H22N2O/c1-5-10(3,4)6-7-12-9(13)8(2)11/h8H,5-7,11H2,1-4H3,(H,12,13)/t8-/m0/s1. The third-order valence-corrected chi connectivity index (χ3v) is 2.47. The fraction of sp³-hybridized carbons (Fsp3) is 0.900. The Labute approximate surface area is 81.1 Å². The molecule has 1 atom stereocenters. The molecular formula is C10H22N2O. The summed E-state index contributed by atoms with van der Waals surface area (Å²) in [6, 6.07) is -0.398. The topological polar surface area (TPSA) is 55.1 Å². The van der Waals surface area contributed by atoms with Gasteiger partial charge in [-0.05, 0) is 18.8 Å². The van der Waals surface area contributed by atoms with Crippen LogP contribution in [-0.4, -0.2) is 18.5 Å². The Bertz CT molecular complexity index is 164. The molecule has 78 valence electrons. The van der Waals surface area contributed by atoms with E-state index in [0.717, 1.165) is 19.4 Å². The molecule has 0 radical (unpaired) electrons. The van der Waals surface area contributed by atoms with Crippen LogP contribution in [0.5, 0.6) is 0 Å². The first kappa shape index (κ1) is 12.4. The maximum atomic E-state index is 11.1. The summed E-state index contributed by atoms with van der Waals surface area (Å²) < 4.78 is 0. The van der Waals surface area contributed by atoms with E-state index in [1.807, 2.05) is 0 Å². The Morgan fingerprint density at radius 1 is 1.54 bits per heavy atom. The molecule has 0 unspecified atom stereocenters. The van der Waals surface area contributed by atoms with E-state index >= 15 is 0 Å². The average Bonchev–Trinajstić information content (AvgIpc) is 2.04. The third-order valence-electron chi connectivity index (χ3n) is 2.47. The van der Waals surface area contributed by atoms with Gasteiger partial charge in [0.25, 0.3) is 0 Å². The first-order valence-corrected chi connectivity index (χ1v) is 4.92. The van der Waals surface area contributed by atoms with Gasteiger partial charge in [-0.15, -0.1) is 0 Å². The lowest BCUT2D eigenvalue weighted by Gasteiger charge is -2.22. The summed E-state index contributed by atoms with van der Waals surface area (Å²) in [6.07, 6.45) is 2.13. The van der Waals surface area contributed by atoms with Crippen molar-refractivity contribution in [2.75, 3.05) is 6.54 Å². The molecule has 0 aromatic heterocycles. The largest absolute Gasteiger partial charge is 0.355 e. The zero-order valence-electron chi connectivity index (χ0n) is 9.18. The fourth-order valence-electron chi connectivity index (χ4n) is 0.862. The first-order chi connectivity index (χ1) is 5.89. The predicted octanol–water partition coefficient (Wildman–Crippen LogP) is 1.28. The highest BCUT2D eigenvalue weighted by atomic mass is 16.2. The van der Waals surface area contributed by atoms with Crippen LogP contribution < -0.4 is 11.1 Å². The van der Waals surface area contributed by atoms with Crippen LogP contribution in [-0.2, 0) is 4.79 Å². The van der Waals surface area contributed by atoms with Crippen molar-refractivity contribution in [2.45, 2.75) is 46.6 Å². The van der Waals surface area contributed by atoms with Gasteiger partial charge >= 0.3 is 0 Å². The Morgan fingerprint density at radius 3 is 2.46 bits per heavy atom. The summed E-state index contributed by atoms with van der Waals surface area (Å²) in [5.41, 5.74) is 5.72. The minimum atomic E-state index is -0.398. The molecule has 0 heterocycles. The third kappa shape index (κ3) is 5.64. The van der Waals surface area contributed by atoms with Crippen molar-refractivity contribution in [3.63, 3.8) is 0 Å². The Kier molecular flexibility index (Phi) is 4.99. The summed E-state index contributed by atoms with van der Waals surface area (Å²) >= 11 is 0. The number of hydrogen-bond acceptors (Lipinski definition) is 2. The second-order valence-corrected chi connectivity index (χ2v) is 4.35. The van der Waals surface area contributed by atoms with Crippen molar-refractivity contribution in [3.8, 4) is 0 Å². The highest BCUT2D eigenvalue weighted by Gasteiger charge is 2.15. The normalized spacial score (nSPS) is 13.9. The van der Waals surface area contributed by atoms with Gasteiger partial charge in [0.2, 0.25) is 5.91 Å². The van der Waals surface area contributed by atoms with Crippen LogP contribution in [0.3, 0.4) is 0 Å². The van der Waals surface area contributed by atoms with Crippen LogP contribution >= 0.6 is 0 Å². The van der Waals surface area contributed by atoms with Gasteiger partial charge in [-0.3, -0.25) is 4.79 Å². The van der Waals surface area contributed by atoms with Gasteiger partial charge in [0.05, 0.1) is 6.04 Å². The zero-order chi connectivity index (χ0) is 10.5. The van der Waals surface area contributed by atoms with Crippen molar-refractivity contribution in [3.05, 3.63) is 0 Å². The molecule has 0 aliphatic heterocycles. The van der Waals surface area contributed by atoms with Gasteiger partial charge in [0, 0.05) is 6.54 Å². The molecule has 3 heteroatoms. The summed E-state index contributed by atoms with van der Waals surface area (Å²) in [6.45, 7) is 8.98. The molecule has 0 fully saturated rings. The van der Waals surface area contributed by atoms with Crippen LogP contribution in [0, 0.1) is 5.41 Å². The minimum Gasteiger partial charge on any atom is -0.355 e. The summed E-state index contributed by atoms with van der Waals surface area (Å²) in [5.74, 6) is -0.0631. The molecule has 1 amide bonds. The van der Waals surface area contributed by atoms with Gasteiger partial charge < -0.3 is 11.1 Å². The molecule has 0 saturated heterocycles. The van der Waals surface area contributed by atoms with E-state index in [4.69, 9.17) is 5.73 Å². The molecule has 0 aliphatic carbocycles. The van der Waals surface area contributed by atoms with E-state index in [1.165, 1.54) is 0 Å². The van der Waals surface area contributed by atoms with Gasteiger partial charge in [-0.1, -0.05) is 27.2 Å². The predicted molar refractivity (Wildman–Crippen MR) is 55.3 cm³/mol. The quantitative estimate of drug-likeness (QED) is 0.679. The Hall–Kier alpha value is -0.570. The number of hydrogen-bond donors (Lipinski definition) is 2. The van der Waals surface area contributed by atoms with Crippen LogP contribution in [0.1, 0.15) is 40.5 Å². The number of nitrogens with two attached hydrogens (primary N) is 1. The lowest BCUT2D eigenvalue weighted by atomic mass is 9.86. The maximum absolute atomic E-state index is 11.1.